The Bertz CT molecular complexity index is 411. The standard InChI is InChI=1S/C11H20N6O/c1-12-9-13-10(16(2)3)15-11(14-9)17-6-4-5-8(18)7-17/h8,18H,4-7H2,1-3H3,(H,12,13,14,15). The lowest BCUT2D eigenvalue weighted by atomic mass is 10.1. The largest absolute Gasteiger partial charge is 0.391 e. The van der Waals surface area contributed by atoms with Crippen LogP contribution in [0, 0.1) is 0 Å². The maximum Gasteiger partial charge on any atom is 0.232 e. The Balaban J connectivity index is 2.28. The second-order valence-electron chi connectivity index (χ2n) is 4.65. The Labute approximate surface area is 107 Å². The second-order valence-corrected chi connectivity index (χ2v) is 4.65. The number of aromatic nitrogens is 3. The van der Waals surface area contributed by atoms with Crippen LogP contribution in [0.4, 0.5) is 17.8 Å². The van der Waals surface area contributed by atoms with Crippen LogP contribution in [0.2, 0.25) is 0 Å². The van der Waals surface area contributed by atoms with Gasteiger partial charge in [-0.15, -0.1) is 0 Å². The minimum absolute atomic E-state index is 0.295. The quantitative estimate of drug-likeness (QED) is 0.780. The third-order valence-corrected chi connectivity index (χ3v) is 2.91. The van der Waals surface area contributed by atoms with Crippen LogP contribution in [-0.2, 0) is 0 Å². The second kappa shape index (κ2) is 5.34. The minimum atomic E-state index is -0.295. The van der Waals surface area contributed by atoms with Crippen LogP contribution in [-0.4, -0.2) is 60.4 Å². The van der Waals surface area contributed by atoms with Crippen LogP contribution in [0.5, 0.6) is 0 Å². The van der Waals surface area contributed by atoms with Gasteiger partial charge in [0.1, 0.15) is 0 Å². The number of hydrogen-bond donors (Lipinski definition) is 2. The van der Waals surface area contributed by atoms with Crippen LogP contribution in [0.1, 0.15) is 12.8 Å². The summed E-state index contributed by atoms with van der Waals surface area (Å²) in [5.41, 5.74) is 0. The molecule has 2 rings (SSSR count). The summed E-state index contributed by atoms with van der Waals surface area (Å²) in [4.78, 5) is 16.9. The van der Waals surface area contributed by atoms with Crippen molar-refractivity contribution in [1.29, 1.82) is 0 Å². The molecule has 1 aromatic heterocycles. The van der Waals surface area contributed by atoms with Gasteiger partial charge in [-0.25, -0.2) is 0 Å². The maximum absolute atomic E-state index is 9.71. The van der Waals surface area contributed by atoms with E-state index in [1.54, 1.807) is 7.05 Å². The zero-order chi connectivity index (χ0) is 13.1. The van der Waals surface area contributed by atoms with Crippen molar-refractivity contribution in [3.05, 3.63) is 0 Å². The Morgan fingerprint density at radius 3 is 2.72 bits per heavy atom. The smallest absolute Gasteiger partial charge is 0.232 e. The molecular weight excluding hydrogens is 232 g/mol. The monoisotopic (exact) mass is 252 g/mol. The van der Waals surface area contributed by atoms with E-state index in [-0.39, 0.29) is 6.10 Å². The van der Waals surface area contributed by atoms with Crippen molar-refractivity contribution in [2.75, 3.05) is 49.3 Å². The number of rotatable bonds is 3. The number of nitrogens with one attached hydrogen (secondary N) is 1. The lowest BCUT2D eigenvalue weighted by Crippen LogP contribution is -2.39. The van der Waals surface area contributed by atoms with E-state index in [4.69, 9.17) is 0 Å². The first-order chi connectivity index (χ1) is 8.60. The fourth-order valence-corrected chi connectivity index (χ4v) is 1.94. The van der Waals surface area contributed by atoms with Gasteiger partial charge in [-0.1, -0.05) is 0 Å². The van der Waals surface area contributed by atoms with Gasteiger partial charge in [0.15, 0.2) is 0 Å². The molecule has 0 aromatic carbocycles. The van der Waals surface area contributed by atoms with E-state index in [0.717, 1.165) is 19.4 Å². The number of aliphatic hydroxyl groups is 1. The molecule has 0 amide bonds. The summed E-state index contributed by atoms with van der Waals surface area (Å²) in [6.07, 6.45) is 1.51. The average molecular weight is 252 g/mol. The number of β-amino-alcohol motifs (C(OH)–C–C–N with tert-alkyl or cyclic N) is 1. The molecule has 0 spiro atoms. The molecule has 1 fully saturated rings. The number of anilines is 3. The lowest BCUT2D eigenvalue weighted by molar-refractivity contribution is 0.153. The first-order valence-corrected chi connectivity index (χ1v) is 6.14. The van der Waals surface area contributed by atoms with Crippen LogP contribution in [0.15, 0.2) is 0 Å². The van der Waals surface area contributed by atoms with Gasteiger partial charge in [-0.2, -0.15) is 15.0 Å². The molecule has 0 aliphatic carbocycles. The van der Waals surface area contributed by atoms with Crippen molar-refractivity contribution in [2.45, 2.75) is 18.9 Å². The molecule has 1 aliphatic rings. The summed E-state index contributed by atoms with van der Waals surface area (Å²) in [6.45, 7) is 1.46. The number of aliphatic hydroxyl groups excluding tert-OH is 1. The molecule has 7 nitrogen and oxygen atoms in total. The summed E-state index contributed by atoms with van der Waals surface area (Å²) in [5, 5.41) is 12.6. The van der Waals surface area contributed by atoms with Gasteiger partial charge in [-0.3, -0.25) is 0 Å². The van der Waals surface area contributed by atoms with Crippen molar-refractivity contribution in [3.8, 4) is 0 Å². The van der Waals surface area contributed by atoms with Gasteiger partial charge >= 0.3 is 0 Å². The summed E-state index contributed by atoms with van der Waals surface area (Å²) < 4.78 is 0. The molecule has 18 heavy (non-hydrogen) atoms. The highest BCUT2D eigenvalue weighted by Gasteiger charge is 2.21. The zero-order valence-corrected chi connectivity index (χ0v) is 11.1. The molecule has 1 unspecified atom stereocenters. The van der Waals surface area contributed by atoms with Crippen molar-refractivity contribution in [1.82, 2.24) is 15.0 Å². The van der Waals surface area contributed by atoms with Crippen molar-refractivity contribution < 1.29 is 5.11 Å². The van der Waals surface area contributed by atoms with E-state index in [1.807, 2.05) is 23.9 Å². The molecule has 100 valence electrons. The molecule has 1 aliphatic heterocycles. The van der Waals surface area contributed by atoms with Crippen LogP contribution in [0.25, 0.3) is 0 Å². The van der Waals surface area contributed by atoms with Gasteiger partial charge in [0, 0.05) is 34.2 Å². The van der Waals surface area contributed by atoms with E-state index >= 15 is 0 Å². The predicted octanol–water partition coefficient (Wildman–Crippen LogP) is -0.0596. The van der Waals surface area contributed by atoms with E-state index in [0.29, 0.717) is 24.4 Å². The Morgan fingerprint density at radius 1 is 1.33 bits per heavy atom. The molecule has 2 heterocycles. The fraction of sp³-hybridized carbons (Fsp3) is 0.727. The Hall–Kier alpha value is -1.63. The van der Waals surface area contributed by atoms with Crippen molar-refractivity contribution in [3.63, 3.8) is 0 Å². The maximum atomic E-state index is 9.71. The van der Waals surface area contributed by atoms with E-state index in [2.05, 4.69) is 20.3 Å². The lowest BCUT2D eigenvalue weighted by Gasteiger charge is -2.30. The van der Waals surface area contributed by atoms with Gasteiger partial charge in [0.25, 0.3) is 0 Å². The molecule has 0 bridgehead atoms. The van der Waals surface area contributed by atoms with Gasteiger partial charge in [0.2, 0.25) is 17.8 Å². The summed E-state index contributed by atoms with van der Waals surface area (Å²) in [5.74, 6) is 1.78. The van der Waals surface area contributed by atoms with Gasteiger partial charge in [-0.05, 0) is 12.8 Å². The molecule has 1 aromatic rings. The number of piperidine rings is 1. The summed E-state index contributed by atoms with van der Waals surface area (Å²) in [7, 11) is 5.57. The fourth-order valence-electron chi connectivity index (χ4n) is 1.94. The molecule has 1 saturated heterocycles. The first-order valence-electron chi connectivity index (χ1n) is 6.14. The molecule has 7 heteroatoms. The first kappa shape index (κ1) is 12.8. The molecule has 0 radical (unpaired) electrons. The van der Waals surface area contributed by atoms with Crippen LogP contribution >= 0.6 is 0 Å². The minimum Gasteiger partial charge on any atom is -0.391 e. The Morgan fingerprint density at radius 2 is 2.11 bits per heavy atom. The van der Waals surface area contributed by atoms with E-state index in [9.17, 15) is 5.11 Å². The van der Waals surface area contributed by atoms with Gasteiger partial charge < -0.3 is 20.2 Å². The molecule has 2 N–H and O–H groups in total. The van der Waals surface area contributed by atoms with Crippen molar-refractivity contribution >= 4 is 17.8 Å². The SMILES string of the molecule is CNc1nc(N(C)C)nc(N2CCCC(O)C2)n1. The van der Waals surface area contributed by atoms with Crippen LogP contribution in [0.3, 0.4) is 0 Å². The van der Waals surface area contributed by atoms with E-state index in [1.165, 1.54) is 0 Å². The summed E-state index contributed by atoms with van der Waals surface area (Å²) >= 11 is 0. The van der Waals surface area contributed by atoms with Gasteiger partial charge in [0.05, 0.1) is 6.10 Å². The molecular formula is C11H20N6O. The van der Waals surface area contributed by atoms with Crippen molar-refractivity contribution in [2.24, 2.45) is 0 Å². The molecule has 1 atom stereocenters. The zero-order valence-electron chi connectivity index (χ0n) is 11.1. The average Bonchev–Trinajstić information content (AvgIpc) is 2.38. The Kier molecular flexibility index (Phi) is 3.81. The summed E-state index contributed by atoms with van der Waals surface area (Å²) in [6, 6.07) is 0. The predicted molar refractivity (Wildman–Crippen MR) is 71.2 cm³/mol. The topological polar surface area (TPSA) is 77.4 Å². The normalized spacial score (nSPS) is 19.8. The highest BCUT2D eigenvalue weighted by atomic mass is 16.3. The third kappa shape index (κ3) is 2.79. The van der Waals surface area contributed by atoms with E-state index < -0.39 is 0 Å². The van der Waals surface area contributed by atoms with Crippen LogP contribution < -0.4 is 15.1 Å². The highest BCUT2D eigenvalue weighted by Crippen LogP contribution is 2.19. The number of nitrogens with zero attached hydrogens (tertiary/aromatic N) is 5. The third-order valence-electron chi connectivity index (χ3n) is 2.91. The molecule has 0 saturated carbocycles. The number of hydrogen-bond acceptors (Lipinski definition) is 7. The highest BCUT2D eigenvalue weighted by molar-refractivity contribution is 5.44.